The maximum atomic E-state index is 13.2. The third-order valence-corrected chi connectivity index (χ3v) is 5.45. The molecule has 3 heterocycles. The monoisotopic (exact) mass is 349 g/mol. The van der Waals surface area contributed by atoms with E-state index < -0.39 is 0 Å². The second kappa shape index (κ2) is 6.90. The van der Waals surface area contributed by atoms with Gasteiger partial charge in [-0.1, -0.05) is 42.4 Å². The number of aromatic nitrogens is 2. The molecule has 2 atom stereocenters. The number of benzene rings is 1. The van der Waals surface area contributed by atoms with Gasteiger partial charge in [-0.2, -0.15) is 0 Å². The normalized spacial score (nSPS) is 18.4. The van der Waals surface area contributed by atoms with Crippen LogP contribution in [-0.2, 0) is 0 Å². The molecule has 1 aliphatic heterocycles. The van der Waals surface area contributed by atoms with Gasteiger partial charge in [-0.25, -0.2) is 4.98 Å². The number of carbonyl (C=O) groups excluding carboxylic acids is 1. The number of fused-ring (bicyclic) bond motifs is 1. The van der Waals surface area contributed by atoms with Crippen LogP contribution in [0.25, 0.3) is 11.1 Å². The molecule has 1 saturated heterocycles. The van der Waals surface area contributed by atoms with Crippen LogP contribution in [0.1, 0.15) is 53.7 Å². The average Bonchev–Trinajstić information content (AvgIpc) is 3.30. The van der Waals surface area contributed by atoms with Crippen LogP contribution < -0.4 is 0 Å². The Morgan fingerprint density at radius 1 is 1.35 bits per heavy atom. The first-order chi connectivity index (χ1) is 12.7. The van der Waals surface area contributed by atoms with E-state index in [0.717, 1.165) is 36.9 Å². The number of amides is 1. The largest absolute Gasteiger partial charge is 0.336 e. The fraction of sp³-hybridized carbons (Fsp3) is 0.381. The van der Waals surface area contributed by atoms with E-state index in [1.165, 1.54) is 5.56 Å². The minimum absolute atomic E-state index is 0.0527. The summed E-state index contributed by atoms with van der Waals surface area (Å²) in [6, 6.07) is 12.6. The molecule has 0 unspecified atom stereocenters. The van der Waals surface area contributed by atoms with Gasteiger partial charge in [-0.3, -0.25) is 4.79 Å². The molecule has 5 heteroatoms. The number of nitrogens with zero attached hydrogens (tertiary/aromatic N) is 3. The van der Waals surface area contributed by atoms with Gasteiger partial charge in [-0.05, 0) is 37.8 Å². The summed E-state index contributed by atoms with van der Waals surface area (Å²) in [4.78, 5) is 19.5. The molecule has 0 aliphatic carbocycles. The zero-order valence-corrected chi connectivity index (χ0v) is 15.2. The Kier molecular flexibility index (Phi) is 4.45. The Hall–Kier alpha value is -2.69. The summed E-state index contributed by atoms with van der Waals surface area (Å²) in [6.45, 7) is 4.86. The highest BCUT2D eigenvalue weighted by Gasteiger charge is 2.35. The molecule has 1 fully saturated rings. The number of likely N-dealkylation sites (tertiary alicyclic amines) is 1. The molecular weight excluding hydrogens is 326 g/mol. The Morgan fingerprint density at radius 3 is 2.92 bits per heavy atom. The highest BCUT2D eigenvalue weighted by atomic mass is 16.5. The summed E-state index contributed by atoms with van der Waals surface area (Å²) in [5.41, 5.74) is 3.16. The second-order valence-electron chi connectivity index (χ2n) is 6.98. The summed E-state index contributed by atoms with van der Waals surface area (Å²) >= 11 is 0. The zero-order valence-electron chi connectivity index (χ0n) is 15.2. The van der Waals surface area contributed by atoms with Crippen LogP contribution in [0, 0.1) is 6.92 Å². The molecule has 5 nitrogen and oxygen atoms in total. The number of carbonyl (C=O) groups is 1. The van der Waals surface area contributed by atoms with Crippen molar-refractivity contribution in [3.63, 3.8) is 0 Å². The van der Waals surface area contributed by atoms with Crippen LogP contribution in [0.4, 0.5) is 0 Å². The predicted octanol–water partition coefficient (Wildman–Crippen LogP) is 4.33. The van der Waals surface area contributed by atoms with Crippen molar-refractivity contribution in [2.24, 2.45) is 0 Å². The average molecular weight is 349 g/mol. The van der Waals surface area contributed by atoms with Crippen molar-refractivity contribution in [1.82, 2.24) is 15.0 Å². The minimum atomic E-state index is 0.0527. The highest BCUT2D eigenvalue weighted by Crippen LogP contribution is 2.34. The first-order valence-corrected chi connectivity index (χ1v) is 9.27. The lowest BCUT2D eigenvalue weighted by molar-refractivity contribution is 0.0714. The van der Waals surface area contributed by atoms with Crippen LogP contribution >= 0.6 is 0 Å². The molecule has 134 valence electrons. The van der Waals surface area contributed by atoms with E-state index in [4.69, 9.17) is 4.52 Å². The zero-order chi connectivity index (χ0) is 18.1. The van der Waals surface area contributed by atoms with E-state index in [1.807, 2.05) is 24.0 Å². The van der Waals surface area contributed by atoms with Gasteiger partial charge in [0.1, 0.15) is 0 Å². The molecule has 1 aliphatic rings. The van der Waals surface area contributed by atoms with Crippen LogP contribution in [0.3, 0.4) is 0 Å². The lowest BCUT2D eigenvalue weighted by atomic mass is 9.87. The summed E-state index contributed by atoms with van der Waals surface area (Å²) in [6.07, 6.45) is 4.71. The van der Waals surface area contributed by atoms with Gasteiger partial charge in [0.25, 0.3) is 11.6 Å². The molecule has 0 bridgehead atoms. The maximum Gasteiger partial charge on any atom is 0.257 e. The Labute approximate surface area is 153 Å². The van der Waals surface area contributed by atoms with Crippen molar-refractivity contribution < 1.29 is 9.32 Å². The number of hydrogen-bond acceptors (Lipinski definition) is 4. The van der Waals surface area contributed by atoms with Crippen LogP contribution in [0.2, 0.25) is 0 Å². The standard InChI is InChI=1S/C21H23N3O2/c1-3-17(15-8-5-4-6-9-15)19-10-7-11-24(19)21(25)16-12-18-14(2)23-26-20(18)22-13-16/h4-6,8-9,12-13,17,19H,3,7,10-11H2,1-2H3/t17-,19-/m1/s1. The van der Waals surface area contributed by atoms with Gasteiger partial charge >= 0.3 is 0 Å². The van der Waals surface area contributed by atoms with Gasteiger partial charge in [0.2, 0.25) is 0 Å². The van der Waals surface area contributed by atoms with Crippen molar-refractivity contribution >= 4 is 17.0 Å². The minimum Gasteiger partial charge on any atom is -0.336 e. The SMILES string of the molecule is CC[C@H](c1ccccc1)[C@H]1CCCN1C(=O)c1cnc2onc(C)c2c1. The van der Waals surface area contributed by atoms with Crippen LogP contribution in [0.15, 0.2) is 47.1 Å². The quantitative estimate of drug-likeness (QED) is 0.703. The molecule has 26 heavy (non-hydrogen) atoms. The lowest BCUT2D eigenvalue weighted by Crippen LogP contribution is -2.39. The van der Waals surface area contributed by atoms with Crippen LogP contribution in [-0.4, -0.2) is 33.5 Å². The first kappa shape index (κ1) is 16.8. The molecule has 0 spiro atoms. The second-order valence-corrected chi connectivity index (χ2v) is 6.98. The van der Waals surface area contributed by atoms with Gasteiger partial charge in [0.05, 0.1) is 16.6 Å². The summed E-state index contributed by atoms with van der Waals surface area (Å²) in [5.74, 6) is 0.411. The number of rotatable bonds is 4. The van der Waals surface area contributed by atoms with E-state index in [0.29, 0.717) is 17.2 Å². The molecule has 3 aromatic rings. The Bertz CT molecular complexity index is 919. The fourth-order valence-electron chi connectivity index (χ4n) is 4.12. The van der Waals surface area contributed by atoms with Crippen LogP contribution in [0.5, 0.6) is 0 Å². The number of hydrogen-bond donors (Lipinski definition) is 0. The molecule has 0 radical (unpaired) electrons. The smallest absolute Gasteiger partial charge is 0.257 e. The number of aryl methyl sites for hydroxylation is 1. The first-order valence-electron chi connectivity index (χ1n) is 9.27. The van der Waals surface area contributed by atoms with Gasteiger partial charge in [0.15, 0.2) is 0 Å². The van der Waals surface area contributed by atoms with E-state index in [9.17, 15) is 4.79 Å². The molecule has 1 aromatic carbocycles. The van der Waals surface area contributed by atoms with Gasteiger partial charge in [0, 0.05) is 24.7 Å². The van der Waals surface area contributed by atoms with Crippen molar-refractivity contribution in [1.29, 1.82) is 0 Å². The molecule has 0 N–H and O–H groups in total. The maximum absolute atomic E-state index is 13.2. The Morgan fingerprint density at radius 2 is 2.15 bits per heavy atom. The van der Waals surface area contributed by atoms with E-state index in [2.05, 4.69) is 41.3 Å². The summed E-state index contributed by atoms with van der Waals surface area (Å²) < 4.78 is 5.16. The third-order valence-electron chi connectivity index (χ3n) is 5.45. The summed E-state index contributed by atoms with van der Waals surface area (Å²) in [7, 11) is 0. The lowest BCUT2D eigenvalue weighted by Gasteiger charge is -2.31. The predicted molar refractivity (Wildman–Crippen MR) is 100 cm³/mol. The van der Waals surface area contributed by atoms with Crippen molar-refractivity contribution in [3.8, 4) is 0 Å². The summed E-state index contributed by atoms with van der Waals surface area (Å²) in [5, 5.41) is 4.73. The van der Waals surface area contributed by atoms with E-state index >= 15 is 0 Å². The van der Waals surface area contributed by atoms with Crippen molar-refractivity contribution in [3.05, 3.63) is 59.4 Å². The molecule has 4 rings (SSSR count). The topological polar surface area (TPSA) is 59.2 Å². The highest BCUT2D eigenvalue weighted by molar-refractivity contribution is 5.97. The van der Waals surface area contributed by atoms with Crippen molar-refractivity contribution in [2.75, 3.05) is 6.54 Å². The molecular formula is C21H23N3O2. The molecule has 1 amide bonds. The Balaban J connectivity index is 1.64. The fourth-order valence-corrected chi connectivity index (χ4v) is 4.12. The van der Waals surface area contributed by atoms with Gasteiger partial charge in [-0.15, -0.1) is 0 Å². The van der Waals surface area contributed by atoms with E-state index in [1.54, 1.807) is 6.20 Å². The molecule has 2 aromatic heterocycles. The number of pyridine rings is 1. The van der Waals surface area contributed by atoms with Gasteiger partial charge < -0.3 is 9.42 Å². The molecule has 0 saturated carbocycles. The van der Waals surface area contributed by atoms with Crippen molar-refractivity contribution in [2.45, 2.75) is 45.1 Å². The van der Waals surface area contributed by atoms with E-state index in [-0.39, 0.29) is 11.9 Å². The third kappa shape index (κ3) is 2.87.